The van der Waals surface area contributed by atoms with Crippen molar-refractivity contribution in [1.29, 1.82) is 0 Å². The number of Topliss-reactive ketones (excluding diaryl/α,β-unsaturated/α-hetero) is 1. The Kier molecular flexibility index (Phi) is 7.08. The van der Waals surface area contributed by atoms with Gasteiger partial charge in [-0.05, 0) is 65.1 Å². The highest BCUT2D eigenvalue weighted by Crippen LogP contribution is 2.31. The van der Waals surface area contributed by atoms with E-state index in [0.29, 0.717) is 5.56 Å². The monoisotopic (exact) mass is 515 g/mol. The summed E-state index contributed by atoms with van der Waals surface area (Å²) in [5, 5.41) is 1.62. The van der Waals surface area contributed by atoms with Crippen LogP contribution in [0.3, 0.4) is 0 Å². The van der Waals surface area contributed by atoms with E-state index >= 15 is 0 Å². The van der Waals surface area contributed by atoms with Crippen molar-refractivity contribution in [2.24, 2.45) is 11.5 Å². The summed E-state index contributed by atoms with van der Waals surface area (Å²) in [6.45, 7) is 1.59. The number of carbonyl (C=O) groups is 3. The number of hydrogen-bond donors (Lipinski definition) is 3. The summed E-state index contributed by atoms with van der Waals surface area (Å²) in [6.07, 6.45) is 0.114. The normalized spacial score (nSPS) is 12.1. The number of primary amides is 2. The van der Waals surface area contributed by atoms with Gasteiger partial charge in [0.05, 0.1) is 10.8 Å². The van der Waals surface area contributed by atoms with Crippen molar-refractivity contribution in [3.63, 3.8) is 0 Å². The lowest BCUT2D eigenvalue weighted by molar-refractivity contribution is -0.136. The van der Waals surface area contributed by atoms with Crippen LogP contribution in [0.25, 0.3) is 10.8 Å². The van der Waals surface area contributed by atoms with Gasteiger partial charge in [0.2, 0.25) is 11.7 Å². The summed E-state index contributed by atoms with van der Waals surface area (Å²) in [5.74, 6) is -3.86. The molecule has 37 heavy (non-hydrogen) atoms. The Morgan fingerprint density at radius 2 is 1.49 bits per heavy atom. The van der Waals surface area contributed by atoms with Crippen LogP contribution >= 0.6 is 0 Å². The number of amides is 2. The zero-order valence-electron chi connectivity index (χ0n) is 20.0. The predicted octanol–water partition coefficient (Wildman–Crippen LogP) is 3.43. The molecular formula is C28H25N3O5S. The Morgan fingerprint density at radius 3 is 2.14 bits per heavy atom. The predicted molar refractivity (Wildman–Crippen MR) is 142 cm³/mol. The van der Waals surface area contributed by atoms with Gasteiger partial charge in [-0.15, -0.1) is 0 Å². The summed E-state index contributed by atoms with van der Waals surface area (Å²) < 4.78 is 29.0. The molecule has 2 amide bonds. The first-order chi connectivity index (χ1) is 17.6. The second-order valence-corrected chi connectivity index (χ2v) is 10.4. The van der Waals surface area contributed by atoms with E-state index in [4.69, 9.17) is 11.5 Å². The van der Waals surface area contributed by atoms with Gasteiger partial charge in [-0.2, -0.15) is 0 Å². The summed E-state index contributed by atoms with van der Waals surface area (Å²) in [7, 11) is -4.08. The lowest BCUT2D eigenvalue weighted by atomic mass is 9.84. The first kappa shape index (κ1) is 25.6. The molecule has 0 fully saturated rings. The molecule has 0 radical (unpaired) electrons. The minimum Gasteiger partial charge on any atom is -0.366 e. The van der Waals surface area contributed by atoms with E-state index in [1.807, 2.05) is 18.2 Å². The number of benzene rings is 4. The molecule has 0 aliphatic heterocycles. The second-order valence-electron chi connectivity index (χ2n) is 8.69. The molecule has 188 valence electrons. The minimum atomic E-state index is -4.08. The van der Waals surface area contributed by atoms with Gasteiger partial charge in [0.25, 0.3) is 15.9 Å². The highest BCUT2D eigenvalue weighted by atomic mass is 32.2. The Balaban J connectivity index is 1.80. The summed E-state index contributed by atoms with van der Waals surface area (Å²) >= 11 is 0. The molecular weight excluding hydrogens is 490 g/mol. The lowest BCUT2D eigenvalue weighted by Crippen LogP contribution is -2.31. The summed E-state index contributed by atoms with van der Waals surface area (Å²) in [5.41, 5.74) is 12.4. The average molecular weight is 516 g/mol. The summed E-state index contributed by atoms with van der Waals surface area (Å²) in [6, 6.07) is 23.8. The number of rotatable bonds is 9. The fraction of sp³-hybridized carbons (Fsp3) is 0.107. The van der Waals surface area contributed by atoms with E-state index in [2.05, 4.69) is 4.72 Å². The fourth-order valence-corrected chi connectivity index (χ4v) is 5.40. The van der Waals surface area contributed by atoms with Crippen LogP contribution in [-0.4, -0.2) is 26.0 Å². The third kappa shape index (κ3) is 5.52. The van der Waals surface area contributed by atoms with Crippen LogP contribution in [0.4, 0.5) is 5.69 Å². The van der Waals surface area contributed by atoms with Gasteiger partial charge in [0.1, 0.15) is 0 Å². The van der Waals surface area contributed by atoms with Crippen LogP contribution in [0.1, 0.15) is 33.0 Å². The van der Waals surface area contributed by atoms with Crippen LogP contribution in [0, 0.1) is 6.92 Å². The average Bonchev–Trinajstić information content (AvgIpc) is 2.88. The van der Waals surface area contributed by atoms with Crippen molar-refractivity contribution in [3.05, 3.63) is 107 Å². The molecule has 0 spiro atoms. The van der Waals surface area contributed by atoms with E-state index in [1.54, 1.807) is 49.4 Å². The molecule has 4 rings (SSSR count). The van der Waals surface area contributed by atoms with E-state index in [1.165, 1.54) is 24.3 Å². The standard InChI is InChI=1S/C28H25N3O5S/c1-17-23(25(26(32)28(30)34)13-18-7-3-2-4-8-18)15-21(16-24(17)27(29)33)31-37(35,36)22-12-11-19-9-5-6-10-20(19)14-22/h2-12,14-16,25,31H,13H2,1H3,(H2,29,33)(H2,30,34). The fourth-order valence-electron chi connectivity index (χ4n) is 4.33. The summed E-state index contributed by atoms with van der Waals surface area (Å²) in [4.78, 5) is 37.1. The maximum atomic E-state index is 13.3. The molecule has 4 aromatic carbocycles. The third-order valence-electron chi connectivity index (χ3n) is 6.21. The van der Waals surface area contributed by atoms with Crippen LogP contribution in [-0.2, 0) is 26.0 Å². The van der Waals surface area contributed by atoms with Crippen molar-refractivity contribution >= 4 is 44.1 Å². The minimum absolute atomic E-state index is 0.0167. The molecule has 0 saturated heterocycles. The Bertz CT molecular complexity index is 1630. The van der Waals surface area contributed by atoms with Gasteiger partial charge in [0.15, 0.2) is 0 Å². The molecule has 0 bridgehead atoms. The first-order valence-electron chi connectivity index (χ1n) is 11.4. The van der Waals surface area contributed by atoms with Gasteiger partial charge in [-0.25, -0.2) is 8.42 Å². The number of ketones is 1. The van der Waals surface area contributed by atoms with Gasteiger partial charge in [-0.3, -0.25) is 19.1 Å². The van der Waals surface area contributed by atoms with Crippen molar-refractivity contribution in [2.75, 3.05) is 4.72 Å². The molecule has 0 aliphatic carbocycles. The number of anilines is 1. The molecule has 4 aromatic rings. The van der Waals surface area contributed by atoms with Crippen LogP contribution in [0.2, 0.25) is 0 Å². The van der Waals surface area contributed by atoms with Crippen molar-refractivity contribution in [2.45, 2.75) is 24.2 Å². The molecule has 0 aromatic heterocycles. The van der Waals surface area contributed by atoms with E-state index in [0.717, 1.165) is 16.3 Å². The Morgan fingerprint density at radius 1 is 0.838 bits per heavy atom. The zero-order chi connectivity index (χ0) is 26.7. The largest absolute Gasteiger partial charge is 0.366 e. The van der Waals surface area contributed by atoms with Crippen LogP contribution in [0.5, 0.6) is 0 Å². The van der Waals surface area contributed by atoms with Gasteiger partial charge < -0.3 is 11.5 Å². The van der Waals surface area contributed by atoms with Crippen molar-refractivity contribution in [3.8, 4) is 0 Å². The number of sulfonamides is 1. The second kappa shape index (κ2) is 10.2. The van der Waals surface area contributed by atoms with Crippen LogP contribution < -0.4 is 16.2 Å². The SMILES string of the molecule is Cc1c(C(N)=O)cc(NS(=O)(=O)c2ccc3ccccc3c2)cc1C(Cc1ccccc1)C(=O)C(N)=O. The number of carbonyl (C=O) groups excluding carboxylic acids is 3. The topological polar surface area (TPSA) is 149 Å². The molecule has 5 N–H and O–H groups in total. The highest BCUT2D eigenvalue weighted by Gasteiger charge is 2.29. The highest BCUT2D eigenvalue weighted by molar-refractivity contribution is 7.92. The van der Waals surface area contributed by atoms with Gasteiger partial charge in [-0.1, -0.05) is 60.7 Å². The molecule has 9 heteroatoms. The van der Waals surface area contributed by atoms with E-state index in [9.17, 15) is 22.8 Å². The number of nitrogens with two attached hydrogens (primary N) is 2. The van der Waals surface area contributed by atoms with E-state index in [-0.39, 0.29) is 28.1 Å². The van der Waals surface area contributed by atoms with Gasteiger partial charge >= 0.3 is 0 Å². The Hall–Kier alpha value is -4.50. The third-order valence-corrected chi connectivity index (χ3v) is 7.59. The van der Waals surface area contributed by atoms with Crippen LogP contribution in [0.15, 0.2) is 89.8 Å². The molecule has 1 unspecified atom stereocenters. The number of fused-ring (bicyclic) bond motifs is 1. The van der Waals surface area contributed by atoms with Crippen molar-refractivity contribution < 1.29 is 22.8 Å². The maximum absolute atomic E-state index is 13.3. The molecule has 0 heterocycles. The van der Waals surface area contributed by atoms with Crippen molar-refractivity contribution in [1.82, 2.24) is 0 Å². The molecule has 0 saturated carbocycles. The molecule has 1 atom stereocenters. The van der Waals surface area contributed by atoms with E-state index < -0.39 is 33.5 Å². The Labute approximate surface area is 214 Å². The molecule has 8 nitrogen and oxygen atoms in total. The first-order valence-corrected chi connectivity index (χ1v) is 12.9. The smallest absolute Gasteiger partial charge is 0.285 e. The lowest BCUT2D eigenvalue weighted by Gasteiger charge is -2.21. The number of nitrogens with one attached hydrogen (secondary N) is 1. The maximum Gasteiger partial charge on any atom is 0.285 e. The number of hydrogen-bond acceptors (Lipinski definition) is 5. The van der Waals surface area contributed by atoms with Gasteiger partial charge in [0, 0.05) is 11.3 Å². The zero-order valence-corrected chi connectivity index (χ0v) is 20.8. The molecule has 0 aliphatic rings. The quantitative estimate of drug-likeness (QED) is 0.292.